The Morgan fingerprint density at radius 3 is 2.59 bits per heavy atom. The summed E-state index contributed by atoms with van der Waals surface area (Å²) in [5.74, 6) is -0.924. The number of anilines is 1. The highest BCUT2D eigenvalue weighted by molar-refractivity contribution is 8.09. The quantitative estimate of drug-likeness (QED) is 0.253. The number of rotatable bonds is 11. The molecule has 0 spiro atoms. The van der Waals surface area contributed by atoms with Crippen LogP contribution in [0.1, 0.15) is 27.0 Å². The van der Waals surface area contributed by atoms with E-state index in [2.05, 4.69) is 10.1 Å². The number of nitrogen functional groups attached to an aromatic ring is 1. The summed E-state index contributed by atoms with van der Waals surface area (Å²) in [6, 6.07) is 6.78. The highest BCUT2D eigenvalue weighted by Crippen LogP contribution is 2.50. The molecule has 4 N–H and O–H groups in total. The van der Waals surface area contributed by atoms with E-state index in [-0.39, 0.29) is 16.6 Å². The van der Waals surface area contributed by atoms with Crippen molar-refractivity contribution in [1.29, 1.82) is 0 Å². The molecule has 2 aromatic rings. The number of nitrogens with one attached hydrogen (secondary N) is 1. The Morgan fingerprint density at radius 1 is 1.36 bits per heavy atom. The number of nitrogens with zero attached hydrogens (tertiary/aromatic N) is 2. The molecule has 6 atom stereocenters. The van der Waals surface area contributed by atoms with Gasteiger partial charge in [0, 0.05) is 6.20 Å². The summed E-state index contributed by atoms with van der Waals surface area (Å²) in [4.78, 5) is 28.1. The van der Waals surface area contributed by atoms with Gasteiger partial charge < -0.3 is 29.4 Å². The summed E-state index contributed by atoms with van der Waals surface area (Å²) in [5.41, 5.74) is 1.23. The number of halogens is 4. The number of aliphatic hydroxyl groups is 1. The number of esters is 1. The standard InChI is InChI=1S/C22H27ClF3N4O7PS/c1-11(2)35-19(32)12(3)29-38(39,37-13-7-5-4-6-8-13)34-10-22(20(25)26)16(24)15(31)18(36-22)30-9-14(23)17(27)28-21(30)33/h4-9,11-12,15-16,18,20,31H,10H2,1-3H3,(H,29,39)(H2,27,28,33). The number of hydrogen-bond donors (Lipinski definition) is 3. The maximum Gasteiger partial charge on any atom is 0.351 e. The number of benzene rings is 1. The fraction of sp³-hybridized carbons (Fsp3) is 0.500. The van der Waals surface area contributed by atoms with E-state index in [1.54, 1.807) is 32.0 Å². The van der Waals surface area contributed by atoms with Gasteiger partial charge in [-0.1, -0.05) is 29.8 Å². The number of carbonyl (C=O) groups is 1. The van der Waals surface area contributed by atoms with Crippen LogP contribution in [0.15, 0.2) is 41.3 Å². The van der Waals surface area contributed by atoms with Crippen LogP contribution < -0.4 is 21.0 Å². The molecule has 2 heterocycles. The van der Waals surface area contributed by atoms with Gasteiger partial charge in [0.2, 0.25) is 0 Å². The zero-order valence-electron chi connectivity index (χ0n) is 20.9. The van der Waals surface area contributed by atoms with Crippen LogP contribution in [0.3, 0.4) is 0 Å². The van der Waals surface area contributed by atoms with Crippen molar-refractivity contribution in [2.45, 2.75) is 63.4 Å². The number of para-hydroxylation sites is 1. The third kappa shape index (κ3) is 7.09. The van der Waals surface area contributed by atoms with Crippen LogP contribution in [0.25, 0.3) is 0 Å². The first-order chi connectivity index (χ1) is 18.2. The predicted molar refractivity (Wildman–Crippen MR) is 139 cm³/mol. The van der Waals surface area contributed by atoms with Gasteiger partial charge in [0.1, 0.15) is 23.7 Å². The maximum absolute atomic E-state index is 15.4. The summed E-state index contributed by atoms with van der Waals surface area (Å²) in [6.45, 7) is -0.493. The lowest BCUT2D eigenvalue weighted by Gasteiger charge is -2.33. The largest absolute Gasteiger partial charge is 0.462 e. The van der Waals surface area contributed by atoms with Gasteiger partial charge in [-0.25, -0.2) is 23.1 Å². The van der Waals surface area contributed by atoms with Gasteiger partial charge >= 0.3 is 18.3 Å². The number of carbonyl (C=O) groups excluding carboxylic acids is 1. The summed E-state index contributed by atoms with van der Waals surface area (Å²) >= 11 is 11.3. The van der Waals surface area contributed by atoms with Gasteiger partial charge in [0.25, 0.3) is 6.43 Å². The number of nitrogens with two attached hydrogens (primary N) is 1. The summed E-state index contributed by atoms with van der Waals surface area (Å²) in [5, 5.41) is 12.9. The SMILES string of the molecule is CC(C)OC(=O)C(C)NP(=S)(OCC1(C(F)F)OC(n2cc(Cl)c(N)nc2=O)C(O)C1F)Oc1ccccc1. The third-order valence-electron chi connectivity index (χ3n) is 5.46. The zero-order chi connectivity index (χ0) is 29.1. The molecule has 11 nitrogen and oxygen atoms in total. The van der Waals surface area contributed by atoms with Crippen LogP contribution in [0.2, 0.25) is 5.02 Å². The van der Waals surface area contributed by atoms with Gasteiger partial charge in [-0.05, 0) is 44.7 Å². The molecule has 17 heteroatoms. The molecule has 1 fully saturated rings. The van der Waals surface area contributed by atoms with E-state index < -0.39 is 67.6 Å². The molecular weight excluding hydrogens is 588 g/mol. The molecule has 1 aliphatic rings. The van der Waals surface area contributed by atoms with Crippen LogP contribution in [0.5, 0.6) is 5.75 Å². The first kappa shape index (κ1) is 31.3. The van der Waals surface area contributed by atoms with Crippen LogP contribution >= 0.6 is 18.2 Å². The molecule has 0 amide bonds. The van der Waals surface area contributed by atoms with Crippen molar-refractivity contribution < 1.29 is 41.6 Å². The van der Waals surface area contributed by atoms with Crippen molar-refractivity contribution in [3.8, 4) is 5.75 Å². The second kappa shape index (κ2) is 12.5. The van der Waals surface area contributed by atoms with Crippen molar-refractivity contribution in [3.63, 3.8) is 0 Å². The molecule has 1 aliphatic heterocycles. The van der Waals surface area contributed by atoms with E-state index in [0.29, 0.717) is 4.57 Å². The molecule has 3 rings (SSSR count). The van der Waals surface area contributed by atoms with E-state index in [0.717, 1.165) is 6.20 Å². The smallest absolute Gasteiger partial charge is 0.351 e. The van der Waals surface area contributed by atoms with E-state index in [1.165, 1.54) is 19.1 Å². The first-order valence-corrected chi connectivity index (χ1v) is 14.5. The minimum absolute atomic E-state index is 0.167. The third-order valence-corrected chi connectivity index (χ3v) is 8.23. The van der Waals surface area contributed by atoms with Gasteiger partial charge in [-0.15, -0.1) is 0 Å². The number of alkyl halides is 3. The second-order valence-electron chi connectivity index (χ2n) is 8.83. The van der Waals surface area contributed by atoms with Crippen LogP contribution in [0, 0.1) is 0 Å². The number of aliphatic hydroxyl groups excluding tert-OH is 1. The minimum atomic E-state index is -3.89. The van der Waals surface area contributed by atoms with E-state index >= 15 is 4.39 Å². The predicted octanol–water partition coefficient (Wildman–Crippen LogP) is 2.96. The average molecular weight is 615 g/mol. The van der Waals surface area contributed by atoms with E-state index in [4.69, 9.17) is 47.7 Å². The topological polar surface area (TPSA) is 147 Å². The number of hydrogen-bond acceptors (Lipinski definition) is 10. The van der Waals surface area contributed by atoms with Crippen LogP contribution in [-0.2, 0) is 30.6 Å². The lowest BCUT2D eigenvalue weighted by atomic mass is 9.98. The van der Waals surface area contributed by atoms with E-state index in [1.807, 2.05) is 0 Å². The highest BCUT2D eigenvalue weighted by Gasteiger charge is 2.62. The molecule has 0 aliphatic carbocycles. The number of aromatic nitrogens is 2. The van der Waals surface area contributed by atoms with Gasteiger partial charge in [0.05, 0.1) is 17.7 Å². The van der Waals surface area contributed by atoms with Gasteiger partial charge in [-0.3, -0.25) is 9.36 Å². The van der Waals surface area contributed by atoms with Crippen molar-refractivity contribution >= 4 is 41.8 Å². The first-order valence-electron chi connectivity index (χ1n) is 11.5. The monoisotopic (exact) mass is 614 g/mol. The normalized spacial score (nSPS) is 25.4. The molecule has 0 bridgehead atoms. The van der Waals surface area contributed by atoms with Gasteiger partial charge in [0.15, 0.2) is 18.0 Å². The minimum Gasteiger partial charge on any atom is -0.462 e. The Morgan fingerprint density at radius 2 is 2.00 bits per heavy atom. The molecular formula is C22H27ClF3N4O7PS. The van der Waals surface area contributed by atoms with E-state index in [9.17, 15) is 23.5 Å². The fourth-order valence-electron chi connectivity index (χ4n) is 3.52. The molecule has 39 heavy (non-hydrogen) atoms. The van der Waals surface area contributed by atoms with Crippen molar-refractivity contribution in [3.05, 3.63) is 52.0 Å². The van der Waals surface area contributed by atoms with Crippen molar-refractivity contribution in [2.75, 3.05) is 12.3 Å². The van der Waals surface area contributed by atoms with Gasteiger partial charge in [-0.2, -0.15) is 4.98 Å². The second-order valence-corrected chi connectivity index (χ2v) is 12.4. The Balaban J connectivity index is 1.92. The molecule has 1 aromatic carbocycles. The Kier molecular flexibility index (Phi) is 10.0. The molecule has 0 radical (unpaired) electrons. The Bertz CT molecular complexity index is 1280. The molecule has 1 aromatic heterocycles. The van der Waals surface area contributed by atoms with Crippen LogP contribution in [0.4, 0.5) is 19.0 Å². The molecule has 1 saturated heterocycles. The van der Waals surface area contributed by atoms with Crippen LogP contribution in [-0.4, -0.2) is 63.7 Å². The highest BCUT2D eigenvalue weighted by atomic mass is 35.5. The average Bonchev–Trinajstić information content (AvgIpc) is 3.11. The maximum atomic E-state index is 15.4. The lowest BCUT2D eigenvalue weighted by Crippen LogP contribution is -2.51. The molecule has 216 valence electrons. The zero-order valence-corrected chi connectivity index (χ0v) is 23.3. The number of ether oxygens (including phenoxy) is 2. The Labute approximate surface area is 231 Å². The Hall–Kier alpha value is -2.26. The molecule has 0 saturated carbocycles. The molecule has 6 unspecified atom stereocenters. The van der Waals surface area contributed by atoms with Crippen molar-refractivity contribution in [2.24, 2.45) is 0 Å². The summed E-state index contributed by atoms with van der Waals surface area (Å²) < 4.78 is 66.5. The fourth-order valence-corrected chi connectivity index (χ4v) is 6.09. The summed E-state index contributed by atoms with van der Waals surface area (Å²) in [6.07, 6.45) is -10.2. The van der Waals surface area contributed by atoms with Crippen molar-refractivity contribution in [1.82, 2.24) is 14.6 Å². The summed E-state index contributed by atoms with van der Waals surface area (Å²) in [7, 11) is 0. The lowest BCUT2D eigenvalue weighted by molar-refractivity contribution is -0.182.